The van der Waals surface area contributed by atoms with Crippen molar-refractivity contribution in [2.75, 3.05) is 17.3 Å². The quantitative estimate of drug-likeness (QED) is 0.190. The predicted octanol–water partition coefficient (Wildman–Crippen LogP) is 5.30. The van der Waals surface area contributed by atoms with Gasteiger partial charge in [-0.1, -0.05) is 60.7 Å². The molecule has 4 aromatic rings. The molecule has 0 saturated carbocycles. The summed E-state index contributed by atoms with van der Waals surface area (Å²) < 4.78 is 0. The van der Waals surface area contributed by atoms with Crippen LogP contribution >= 0.6 is 0 Å². The van der Waals surface area contributed by atoms with Crippen molar-refractivity contribution in [1.29, 1.82) is 0 Å². The molecule has 0 spiro atoms. The molecule has 4 aromatic carbocycles. The van der Waals surface area contributed by atoms with Gasteiger partial charge in [-0.15, -0.1) is 0 Å². The van der Waals surface area contributed by atoms with Gasteiger partial charge in [-0.25, -0.2) is 4.90 Å². The zero-order chi connectivity index (χ0) is 29.8. The molecule has 8 nitrogen and oxygen atoms in total. The number of hydrogen-bond acceptors (Lipinski definition) is 6. The average Bonchev–Trinajstić information content (AvgIpc) is 3.33. The lowest BCUT2D eigenvalue weighted by molar-refractivity contribution is -0.115. The summed E-state index contributed by atoms with van der Waals surface area (Å²) in [6.45, 7) is 3.58. The van der Waals surface area contributed by atoms with E-state index in [0.29, 0.717) is 34.8 Å². The third kappa shape index (κ3) is 6.16. The van der Waals surface area contributed by atoms with Gasteiger partial charge in [-0.2, -0.15) is 0 Å². The number of carbonyl (C=O) groups excluding carboxylic acids is 2. The lowest BCUT2D eigenvalue weighted by atomic mass is 9.89. The molecule has 8 heteroatoms. The summed E-state index contributed by atoms with van der Waals surface area (Å²) in [5.74, 6) is -1.12. The molecule has 1 aliphatic heterocycles. The van der Waals surface area contributed by atoms with E-state index in [-0.39, 0.29) is 11.8 Å². The van der Waals surface area contributed by atoms with Crippen LogP contribution in [0.4, 0.5) is 17.1 Å². The molecule has 3 N–H and O–H groups in total. The van der Waals surface area contributed by atoms with E-state index in [1.54, 1.807) is 48.9 Å². The highest BCUT2D eigenvalue weighted by Gasteiger charge is 2.36. The molecule has 3 unspecified atom stereocenters. The van der Waals surface area contributed by atoms with E-state index in [9.17, 15) is 19.8 Å². The Morgan fingerprint density at radius 3 is 2.10 bits per heavy atom. The molecule has 0 aromatic heterocycles. The maximum absolute atomic E-state index is 13.4. The molecule has 0 aliphatic carbocycles. The highest BCUT2D eigenvalue weighted by atomic mass is 16.3. The number of carbonyl (C=O) groups is 2. The van der Waals surface area contributed by atoms with Crippen molar-refractivity contribution in [2.45, 2.75) is 38.8 Å². The third-order valence-electron chi connectivity index (χ3n) is 7.43. The van der Waals surface area contributed by atoms with Gasteiger partial charge >= 0.3 is 0 Å². The summed E-state index contributed by atoms with van der Waals surface area (Å²) in [5.41, 5.74) is 5.49. The Bertz CT molecular complexity index is 1580. The number of anilines is 2. The number of aliphatic hydroxyl groups excluding tert-OH is 2. The van der Waals surface area contributed by atoms with Crippen molar-refractivity contribution in [3.05, 3.63) is 125 Å². The summed E-state index contributed by atoms with van der Waals surface area (Å²) in [5, 5.41) is 23.0. The van der Waals surface area contributed by atoms with Crippen LogP contribution in [-0.2, 0) is 11.3 Å². The summed E-state index contributed by atoms with van der Waals surface area (Å²) >= 11 is 0. The van der Waals surface area contributed by atoms with Gasteiger partial charge in [-0.05, 0) is 73.0 Å². The van der Waals surface area contributed by atoms with E-state index >= 15 is 0 Å². The van der Waals surface area contributed by atoms with Gasteiger partial charge in [0.2, 0.25) is 5.91 Å². The minimum Gasteiger partial charge on any atom is -0.379 e. The highest BCUT2D eigenvalue weighted by Crippen LogP contribution is 2.37. The van der Waals surface area contributed by atoms with Crippen molar-refractivity contribution in [1.82, 2.24) is 4.90 Å². The third-order valence-corrected chi connectivity index (χ3v) is 7.43. The minimum absolute atomic E-state index is 0.181. The fourth-order valence-electron chi connectivity index (χ4n) is 5.14. The number of nitrogens with zero attached hydrogens (tertiary/aromatic N) is 3. The van der Waals surface area contributed by atoms with Gasteiger partial charge in [0, 0.05) is 30.5 Å². The molecular formula is C34H34N4O4. The van der Waals surface area contributed by atoms with E-state index in [1.807, 2.05) is 84.9 Å². The smallest absolute Gasteiger partial charge is 0.258 e. The Hall–Kier alpha value is -4.63. The first-order valence-corrected chi connectivity index (χ1v) is 13.9. The molecule has 42 heavy (non-hydrogen) atoms. The first-order valence-electron chi connectivity index (χ1n) is 13.9. The summed E-state index contributed by atoms with van der Waals surface area (Å²) in [6.07, 6.45) is -1.62. The largest absolute Gasteiger partial charge is 0.379 e. The number of amides is 2. The van der Waals surface area contributed by atoms with Crippen molar-refractivity contribution in [3.63, 3.8) is 0 Å². The standard InChI is InChI=1S/C34H34N4O4/c1-22(39)38(23(2)40)21-24-14-17-27(18-15-24)35-32(25-10-6-4-7-11-25)31-29-20-26(16-19-30(29)36-33(31)41)34(42)37(3)28-12-8-5-9-13-28/h4-20,22-23,31,39-40H,21H2,1-3H3,(H,36,41). The molecule has 1 aliphatic rings. The van der Waals surface area contributed by atoms with Crippen molar-refractivity contribution >= 4 is 34.6 Å². The summed E-state index contributed by atoms with van der Waals surface area (Å²) in [4.78, 5) is 34.9. The molecule has 0 bridgehead atoms. The first kappa shape index (κ1) is 28.9. The van der Waals surface area contributed by atoms with Crippen LogP contribution in [0.5, 0.6) is 0 Å². The molecule has 5 rings (SSSR count). The monoisotopic (exact) mass is 562 g/mol. The Morgan fingerprint density at radius 2 is 1.48 bits per heavy atom. The van der Waals surface area contributed by atoms with Crippen LogP contribution in [0.25, 0.3) is 0 Å². The van der Waals surface area contributed by atoms with Crippen LogP contribution in [0.15, 0.2) is 108 Å². The number of nitrogens with one attached hydrogen (secondary N) is 1. The van der Waals surface area contributed by atoms with E-state index in [2.05, 4.69) is 5.32 Å². The van der Waals surface area contributed by atoms with Crippen LogP contribution < -0.4 is 10.2 Å². The first-order chi connectivity index (χ1) is 20.2. The Labute approximate surface area is 245 Å². The highest BCUT2D eigenvalue weighted by molar-refractivity contribution is 6.24. The maximum atomic E-state index is 13.4. The van der Waals surface area contributed by atoms with E-state index < -0.39 is 18.4 Å². The van der Waals surface area contributed by atoms with Crippen molar-refractivity contribution < 1.29 is 19.8 Å². The summed E-state index contributed by atoms with van der Waals surface area (Å²) in [7, 11) is 1.73. The van der Waals surface area contributed by atoms with Gasteiger partial charge in [-0.3, -0.25) is 14.6 Å². The lowest BCUT2D eigenvalue weighted by Crippen LogP contribution is -2.39. The molecular weight excluding hydrogens is 528 g/mol. The minimum atomic E-state index is -0.808. The van der Waals surface area contributed by atoms with Gasteiger partial charge in [0.25, 0.3) is 5.91 Å². The number of benzene rings is 4. The molecule has 1 heterocycles. The molecule has 0 radical (unpaired) electrons. The van der Waals surface area contributed by atoms with E-state index in [1.165, 1.54) is 0 Å². The number of aliphatic imine (C=N–C) groups is 1. The topological polar surface area (TPSA) is 105 Å². The second-order valence-electron chi connectivity index (χ2n) is 10.4. The Morgan fingerprint density at radius 1 is 0.857 bits per heavy atom. The molecule has 0 saturated heterocycles. The van der Waals surface area contributed by atoms with Gasteiger partial charge in [0.05, 0.1) is 11.4 Å². The van der Waals surface area contributed by atoms with Crippen LogP contribution in [0, 0.1) is 0 Å². The fourth-order valence-corrected chi connectivity index (χ4v) is 5.14. The number of aliphatic hydroxyl groups is 2. The Kier molecular flexibility index (Phi) is 8.59. The number of para-hydroxylation sites is 1. The maximum Gasteiger partial charge on any atom is 0.258 e. The van der Waals surface area contributed by atoms with Crippen molar-refractivity contribution in [3.8, 4) is 0 Å². The predicted molar refractivity (Wildman–Crippen MR) is 165 cm³/mol. The van der Waals surface area contributed by atoms with Crippen molar-refractivity contribution in [2.24, 2.45) is 4.99 Å². The van der Waals surface area contributed by atoms with Gasteiger partial charge in [0.15, 0.2) is 0 Å². The molecule has 214 valence electrons. The summed E-state index contributed by atoms with van der Waals surface area (Å²) in [6, 6.07) is 31.7. The molecule has 3 atom stereocenters. The number of hydrogen-bond donors (Lipinski definition) is 3. The average molecular weight is 563 g/mol. The second-order valence-corrected chi connectivity index (χ2v) is 10.4. The number of rotatable bonds is 9. The number of fused-ring (bicyclic) bond motifs is 1. The van der Waals surface area contributed by atoms with Crippen LogP contribution in [-0.4, -0.2) is 52.1 Å². The van der Waals surface area contributed by atoms with Crippen LogP contribution in [0.3, 0.4) is 0 Å². The van der Waals surface area contributed by atoms with Gasteiger partial charge < -0.3 is 20.4 Å². The molecule has 2 amide bonds. The zero-order valence-electron chi connectivity index (χ0n) is 23.8. The van der Waals surface area contributed by atoms with E-state index in [0.717, 1.165) is 16.8 Å². The van der Waals surface area contributed by atoms with Crippen LogP contribution in [0.1, 0.15) is 46.8 Å². The SMILES string of the molecule is CC(O)N(Cc1ccc(N=C(c2ccccc2)C2C(=O)Nc3ccc(C(=O)N(C)c4ccccc4)cc32)cc1)C(C)O. The Balaban J connectivity index is 1.50. The normalized spacial score (nSPS) is 16.1. The lowest BCUT2D eigenvalue weighted by Gasteiger charge is -2.28. The van der Waals surface area contributed by atoms with E-state index in [4.69, 9.17) is 4.99 Å². The van der Waals surface area contributed by atoms with Crippen LogP contribution in [0.2, 0.25) is 0 Å². The molecule has 0 fully saturated rings. The fraction of sp³-hybridized carbons (Fsp3) is 0.206. The van der Waals surface area contributed by atoms with Gasteiger partial charge in [0.1, 0.15) is 18.4 Å². The zero-order valence-corrected chi connectivity index (χ0v) is 23.8. The second kappa shape index (κ2) is 12.5.